The molecule has 3 rings (SSSR count). The van der Waals surface area contributed by atoms with Gasteiger partial charge in [-0.15, -0.1) is 11.3 Å². The molecule has 0 aliphatic carbocycles. The first-order valence-corrected chi connectivity index (χ1v) is 9.94. The van der Waals surface area contributed by atoms with Crippen molar-refractivity contribution in [2.45, 2.75) is 0 Å². The van der Waals surface area contributed by atoms with Crippen molar-refractivity contribution in [3.8, 4) is 10.6 Å². The van der Waals surface area contributed by atoms with Crippen molar-refractivity contribution < 1.29 is 14.6 Å². The summed E-state index contributed by atoms with van der Waals surface area (Å²) in [4.78, 5) is 25.4. The van der Waals surface area contributed by atoms with Crippen molar-refractivity contribution in [1.29, 1.82) is 0 Å². The van der Waals surface area contributed by atoms with Gasteiger partial charge in [0.15, 0.2) is 0 Å². The number of rotatable bonds is 8. The molecule has 2 aromatic heterocycles. The summed E-state index contributed by atoms with van der Waals surface area (Å²) in [5.41, 5.74) is 1.43. The molecule has 2 atom stereocenters. The van der Waals surface area contributed by atoms with Crippen LogP contribution in [0.25, 0.3) is 10.6 Å². The number of ether oxygens (including phenoxy) is 1. The van der Waals surface area contributed by atoms with Crippen LogP contribution in [-0.2, 0) is 4.74 Å². The van der Waals surface area contributed by atoms with Crippen LogP contribution in [0.5, 0.6) is 0 Å². The monoisotopic (exact) mass is 390 g/mol. The molecule has 3 heterocycles. The van der Waals surface area contributed by atoms with Gasteiger partial charge in [0.05, 0.1) is 6.61 Å². The number of aliphatic hydroxyl groups is 1. The van der Waals surface area contributed by atoms with Gasteiger partial charge in [-0.2, -0.15) is 0 Å². The molecule has 27 heavy (non-hydrogen) atoms. The Balaban J connectivity index is 1.64. The van der Waals surface area contributed by atoms with Gasteiger partial charge < -0.3 is 19.6 Å². The van der Waals surface area contributed by atoms with Crippen LogP contribution >= 0.6 is 11.3 Å². The molecule has 0 unspecified atom stereocenters. The maximum absolute atomic E-state index is 12.9. The predicted molar refractivity (Wildman–Crippen MR) is 105 cm³/mol. The molecule has 8 heteroatoms. The van der Waals surface area contributed by atoms with Crippen molar-refractivity contribution in [2.24, 2.45) is 11.8 Å². The van der Waals surface area contributed by atoms with E-state index >= 15 is 0 Å². The third kappa shape index (κ3) is 4.90. The van der Waals surface area contributed by atoms with Crippen LogP contribution < -0.4 is 0 Å². The van der Waals surface area contributed by atoms with Gasteiger partial charge in [0, 0.05) is 69.2 Å². The molecular weight excluding hydrogens is 364 g/mol. The average Bonchev–Trinajstić information content (AvgIpc) is 3.34. The number of hydrogen-bond acceptors (Lipinski definition) is 7. The lowest BCUT2D eigenvalue weighted by Gasteiger charge is -2.23. The van der Waals surface area contributed by atoms with E-state index < -0.39 is 0 Å². The lowest BCUT2D eigenvalue weighted by molar-refractivity contribution is 0.0773. The minimum Gasteiger partial charge on any atom is -0.396 e. The van der Waals surface area contributed by atoms with Gasteiger partial charge >= 0.3 is 0 Å². The Morgan fingerprint density at radius 1 is 1.37 bits per heavy atom. The fourth-order valence-electron chi connectivity index (χ4n) is 3.42. The molecule has 1 fully saturated rings. The van der Waals surface area contributed by atoms with Gasteiger partial charge in [0.1, 0.15) is 10.7 Å². The largest absolute Gasteiger partial charge is 0.396 e. The van der Waals surface area contributed by atoms with E-state index in [9.17, 15) is 9.90 Å². The highest BCUT2D eigenvalue weighted by Gasteiger charge is 2.36. The standard InChI is InChI=1S/C19H26N4O3S/c1-22(7-8-26-2)9-15-10-23(11-16(15)12-24)19(25)17-13-27-18(21-17)14-3-5-20-6-4-14/h3-6,13,15-16,24H,7-12H2,1-2H3/t15-,16-/m1/s1. The number of thiazole rings is 1. The van der Waals surface area contributed by atoms with Crippen LogP contribution in [0.2, 0.25) is 0 Å². The molecule has 2 aromatic rings. The summed E-state index contributed by atoms with van der Waals surface area (Å²) in [6, 6.07) is 3.77. The quantitative estimate of drug-likeness (QED) is 0.735. The maximum atomic E-state index is 12.9. The van der Waals surface area contributed by atoms with Crippen LogP contribution in [0.4, 0.5) is 0 Å². The third-order valence-corrected chi connectivity index (χ3v) is 5.86. The van der Waals surface area contributed by atoms with E-state index in [1.165, 1.54) is 11.3 Å². The number of likely N-dealkylation sites (N-methyl/N-ethyl adjacent to an activating group) is 1. The number of nitrogens with zero attached hydrogens (tertiary/aromatic N) is 4. The highest BCUT2D eigenvalue weighted by atomic mass is 32.1. The Hall–Kier alpha value is -1.87. The van der Waals surface area contributed by atoms with Crippen molar-refractivity contribution >= 4 is 17.2 Å². The SMILES string of the molecule is COCCN(C)C[C@@H]1CN(C(=O)c2csc(-c3ccncc3)n2)C[C@@H]1CO. The molecule has 0 spiro atoms. The second-order valence-electron chi connectivity index (χ2n) is 6.94. The topological polar surface area (TPSA) is 78.8 Å². The minimum absolute atomic E-state index is 0.0629. The van der Waals surface area contributed by atoms with E-state index in [2.05, 4.69) is 14.9 Å². The fraction of sp³-hybridized carbons (Fsp3) is 0.526. The summed E-state index contributed by atoms with van der Waals surface area (Å²) in [6.07, 6.45) is 3.43. The number of aliphatic hydroxyl groups excluding tert-OH is 1. The van der Waals surface area contributed by atoms with E-state index in [1.807, 2.05) is 29.5 Å². The summed E-state index contributed by atoms with van der Waals surface area (Å²) in [5, 5.41) is 12.4. The third-order valence-electron chi connectivity index (χ3n) is 4.97. The van der Waals surface area contributed by atoms with Crippen molar-refractivity contribution in [1.82, 2.24) is 19.8 Å². The Morgan fingerprint density at radius 2 is 2.11 bits per heavy atom. The zero-order valence-electron chi connectivity index (χ0n) is 15.7. The number of hydrogen-bond donors (Lipinski definition) is 1. The summed E-state index contributed by atoms with van der Waals surface area (Å²) in [5.74, 6) is 0.281. The van der Waals surface area contributed by atoms with Crippen LogP contribution in [0, 0.1) is 11.8 Å². The van der Waals surface area contributed by atoms with Crippen LogP contribution in [0.1, 0.15) is 10.5 Å². The normalized spacial score (nSPS) is 19.8. The van der Waals surface area contributed by atoms with Crippen molar-refractivity contribution in [3.63, 3.8) is 0 Å². The smallest absolute Gasteiger partial charge is 0.273 e. The second-order valence-corrected chi connectivity index (χ2v) is 7.80. The number of aromatic nitrogens is 2. The molecule has 0 bridgehead atoms. The molecular formula is C19H26N4O3S. The van der Waals surface area contributed by atoms with Crippen molar-refractivity contribution in [2.75, 3.05) is 53.6 Å². The molecule has 1 aliphatic heterocycles. The highest BCUT2D eigenvalue weighted by molar-refractivity contribution is 7.13. The molecule has 1 N–H and O–H groups in total. The van der Waals surface area contributed by atoms with Crippen molar-refractivity contribution in [3.05, 3.63) is 35.6 Å². The molecule has 1 aliphatic rings. The zero-order valence-corrected chi connectivity index (χ0v) is 16.6. The van der Waals surface area contributed by atoms with Crippen LogP contribution in [-0.4, -0.2) is 84.3 Å². The molecule has 0 aromatic carbocycles. The molecule has 1 saturated heterocycles. The Bertz CT molecular complexity index is 740. The zero-order chi connectivity index (χ0) is 19.2. The summed E-state index contributed by atoms with van der Waals surface area (Å²) in [7, 11) is 3.73. The Labute approximate surface area is 163 Å². The van der Waals surface area contributed by atoms with Crippen LogP contribution in [0.15, 0.2) is 29.9 Å². The number of pyridine rings is 1. The summed E-state index contributed by atoms with van der Waals surface area (Å²) >= 11 is 1.46. The molecule has 0 radical (unpaired) electrons. The number of likely N-dealkylation sites (tertiary alicyclic amines) is 1. The highest BCUT2D eigenvalue weighted by Crippen LogP contribution is 2.28. The van der Waals surface area contributed by atoms with Gasteiger partial charge in [-0.25, -0.2) is 4.98 Å². The molecule has 0 saturated carbocycles. The summed E-state index contributed by atoms with van der Waals surface area (Å²) < 4.78 is 5.12. The number of carbonyl (C=O) groups is 1. The van der Waals surface area contributed by atoms with Gasteiger partial charge in [-0.05, 0) is 25.1 Å². The fourth-order valence-corrected chi connectivity index (χ4v) is 4.22. The second kappa shape index (κ2) is 9.36. The minimum atomic E-state index is -0.0629. The molecule has 7 nitrogen and oxygen atoms in total. The number of carbonyl (C=O) groups excluding carboxylic acids is 1. The Kier molecular flexibility index (Phi) is 6.89. The lowest BCUT2D eigenvalue weighted by atomic mass is 9.96. The van der Waals surface area contributed by atoms with Gasteiger partial charge in [-0.3, -0.25) is 9.78 Å². The first-order chi connectivity index (χ1) is 13.1. The molecule has 146 valence electrons. The van der Waals surface area contributed by atoms with E-state index in [4.69, 9.17) is 4.74 Å². The van der Waals surface area contributed by atoms with E-state index in [0.717, 1.165) is 23.7 Å². The van der Waals surface area contributed by atoms with Gasteiger partial charge in [0.2, 0.25) is 0 Å². The Morgan fingerprint density at radius 3 is 2.81 bits per heavy atom. The predicted octanol–water partition coefficient (Wildman–Crippen LogP) is 1.46. The molecule has 1 amide bonds. The number of amides is 1. The summed E-state index contributed by atoms with van der Waals surface area (Å²) in [6.45, 7) is 3.64. The van der Waals surface area contributed by atoms with E-state index in [0.29, 0.717) is 25.4 Å². The first kappa shape index (κ1) is 19.9. The van der Waals surface area contributed by atoms with Crippen LogP contribution in [0.3, 0.4) is 0 Å². The van der Waals surface area contributed by atoms with Gasteiger partial charge in [0.25, 0.3) is 5.91 Å². The first-order valence-electron chi connectivity index (χ1n) is 9.06. The maximum Gasteiger partial charge on any atom is 0.273 e. The average molecular weight is 391 g/mol. The van der Waals surface area contributed by atoms with E-state index in [1.54, 1.807) is 19.5 Å². The van der Waals surface area contributed by atoms with E-state index in [-0.39, 0.29) is 24.3 Å². The number of methoxy groups -OCH3 is 1. The lowest BCUT2D eigenvalue weighted by Crippen LogP contribution is -2.33. The van der Waals surface area contributed by atoms with Gasteiger partial charge in [-0.1, -0.05) is 0 Å².